The summed E-state index contributed by atoms with van der Waals surface area (Å²) in [6, 6.07) is 13.2. The van der Waals surface area contributed by atoms with Crippen LogP contribution in [0.2, 0.25) is 5.02 Å². The van der Waals surface area contributed by atoms with E-state index >= 15 is 0 Å². The second-order valence-electron chi connectivity index (χ2n) is 8.63. The Bertz CT molecular complexity index is 1120. The van der Waals surface area contributed by atoms with Gasteiger partial charge in [0, 0.05) is 50.5 Å². The molecule has 3 aliphatic rings. The van der Waals surface area contributed by atoms with Crippen molar-refractivity contribution in [1.82, 2.24) is 15.5 Å². The topological polar surface area (TPSA) is 84.4 Å². The fourth-order valence-corrected chi connectivity index (χ4v) is 4.64. The van der Waals surface area contributed by atoms with E-state index < -0.39 is 5.60 Å². The minimum Gasteiger partial charge on any atom is -0.454 e. The molecule has 1 amide bonds. The molecule has 2 aromatic carbocycles. The molecule has 0 aliphatic carbocycles. The predicted molar refractivity (Wildman–Crippen MR) is 132 cm³/mol. The van der Waals surface area contributed by atoms with Crippen molar-refractivity contribution >= 4 is 40.6 Å². The molecule has 3 aliphatic heterocycles. The molecular formula is C24H25ClN4O4S. The van der Waals surface area contributed by atoms with Crippen LogP contribution in [0.4, 0.5) is 0 Å². The van der Waals surface area contributed by atoms with Crippen LogP contribution in [0.5, 0.6) is 11.5 Å². The first-order valence-corrected chi connectivity index (χ1v) is 12.0. The molecule has 178 valence electrons. The highest BCUT2D eigenvalue weighted by Crippen LogP contribution is 2.35. The number of carbonyl (C=O) groups excluding carboxylic acids is 1. The van der Waals surface area contributed by atoms with E-state index in [2.05, 4.69) is 20.7 Å². The van der Waals surface area contributed by atoms with Gasteiger partial charge in [-0.15, -0.1) is 0 Å². The molecule has 1 fully saturated rings. The number of rotatable bonds is 5. The van der Waals surface area contributed by atoms with Gasteiger partial charge >= 0.3 is 0 Å². The van der Waals surface area contributed by atoms with Gasteiger partial charge in [-0.1, -0.05) is 35.0 Å². The molecule has 3 heterocycles. The maximum absolute atomic E-state index is 12.6. The fraction of sp³-hybridized carbons (Fsp3) is 0.375. The van der Waals surface area contributed by atoms with Crippen LogP contribution in [-0.2, 0) is 22.7 Å². The van der Waals surface area contributed by atoms with Crippen LogP contribution in [-0.4, -0.2) is 47.1 Å². The number of likely N-dealkylation sites (tertiary alicyclic amines) is 1. The summed E-state index contributed by atoms with van der Waals surface area (Å²) in [5.74, 6) is 1.33. The van der Waals surface area contributed by atoms with Crippen molar-refractivity contribution in [3.8, 4) is 11.5 Å². The lowest BCUT2D eigenvalue weighted by molar-refractivity contribution is -0.115. The Labute approximate surface area is 208 Å². The third-order valence-corrected chi connectivity index (χ3v) is 6.96. The second-order valence-corrected chi connectivity index (χ2v) is 9.45. The molecule has 1 saturated heterocycles. The third-order valence-electron chi connectivity index (χ3n) is 6.31. The summed E-state index contributed by atoms with van der Waals surface area (Å²) in [6.07, 6.45) is 2.00. The minimum absolute atomic E-state index is 0.199. The average molecular weight is 501 g/mol. The first-order chi connectivity index (χ1) is 16.5. The maximum Gasteiger partial charge on any atom is 0.269 e. The molecule has 2 N–H and O–H groups in total. The zero-order valence-corrected chi connectivity index (χ0v) is 20.1. The third kappa shape index (κ3) is 5.05. The lowest BCUT2D eigenvalue weighted by Gasteiger charge is -2.38. The number of piperidine rings is 1. The van der Waals surface area contributed by atoms with Crippen molar-refractivity contribution in [3.05, 3.63) is 58.6 Å². The van der Waals surface area contributed by atoms with Crippen molar-refractivity contribution in [2.75, 3.05) is 19.9 Å². The van der Waals surface area contributed by atoms with Crippen LogP contribution in [0.1, 0.15) is 30.4 Å². The molecule has 0 bridgehead atoms. The van der Waals surface area contributed by atoms with E-state index in [1.54, 1.807) is 12.1 Å². The maximum atomic E-state index is 12.6. The summed E-state index contributed by atoms with van der Waals surface area (Å²) in [5, 5.41) is 11.7. The van der Waals surface area contributed by atoms with E-state index in [1.807, 2.05) is 30.3 Å². The molecule has 0 radical (unpaired) electrons. The number of oxime groups is 1. The largest absolute Gasteiger partial charge is 0.454 e. The molecule has 0 saturated carbocycles. The molecule has 34 heavy (non-hydrogen) atoms. The van der Waals surface area contributed by atoms with Crippen LogP contribution in [0.3, 0.4) is 0 Å². The van der Waals surface area contributed by atoms with Crippen molar-refractivity contribution in [2.24, 2.45) is 5.16 Å². The molecule has 10 heteroatoms. The number of carbonyl (C=O) groups is 1. The summed E-state index contributed by atoms with van der Waals surface area (Å²) in [4.78, 5) is 20.5. The van der Waals surface area contributed by atoms with Gasteiger partial charge in [-0.2, -0.15) is 0 Å². The van der Waals surface area contributed by atoms with E-state index in [9.17, 15) is 4.79 Å². The van der Waals surface area contributed by atoms with E-state index in [0.717, 1.165) is 48.6 Å². The van der Waals surface area contributed by atoms with Gasteiger partial charge in [0.15, 0.2) is 16.6 Å². The van der Waals surface area contributed by atoms with Crippen molar-refractivity contribution in [3.63, 3.8) is 0 Å². The standard InChI is InChI=1S/C24H25ClN4O4S/c25-18-4-1-16(2-5-18)13-26-22(30)19-12-24(33-28-19)7-9-29(10-8-24)23(34)27-14-17-3-6-20-21(11-17)32-15-31-20/h1-6,11H,7-10,12-15H2,(H,26,30)(H,27,34). The van der Waals surface area contributed by atoms with Crippen LogP contribution < -0.4 is 20.1 Å². The fourth-order valence-electron chi connectivity index (χ4n) is 4.26. The zero-order valence-electron chi connectivity index (χ0n) is 18.5. The first kappa shape index (κ1) is 22.7. The van der Waals surface area contributed by atoms with Gasteiger partial charge in [0.25, 0.3) is 5.91 Å². The van der Waals surface area contributed by atoms with Crippen molar-refractivity contribution in [2.45, 2.75) is 38.0 Å². The number of ether oxygens (including phenoxy) is 2. The second kappa shape index (κ2) is 9.68. The van der Waals surface area contributed by atoms with Gasteiger partial charge in [-0.05, 0) is 47.6 Å². The Morgan fingerprint density at radius 3 is 2.53 bits per heavy atom. The van der Waals surface area contributed by atoms with Crippen LogP contribution in [0, 0.1) is 0 Å². The van der Waals surface area contributed by atoms with E-state index in [1.165, 1.54) is 0 Å². The lowest BCUT2D eigenvalue weighted by atomic mass is 9.87. The Hall–Kier alpha value is -3.04. The Morgan fingerprint density at radius 1 is 1.03 bits per heavy atom. The predicted octanol–water partition coefficient (Wildman–Crippen LogP) is 3.37. The number of hydrogen-bond acceptors (Lipinski definition) is 6. The van der Waals surface area contributed by atoms with E-state index in [0.29, 0.717) is 35.4 Å². The summed E-state index contributed by atoms with van der Waals surface area (Å²) < 4.78 is 10.8. The molecule has 8 nitrogen and oxygen atoms in total. The first-order valence-electron chi connectivity index (χ1n) is 11.2. The molecule has 2 aromatic rings. The molecular weight excluding hydrogens is 476 g/mol. The number of hydrogen-bond donors (Lipinski definition) is 2. The molecule has 5 rings (SSSR count). The summed E-state index contributed by atoms with van der Waals surface area (Å²) >= 11 is 11.5. The number of nitrogens with zero attached hydrogens (tertiary/aromatic N) is 2. The van der Waals surface area contributed by atoms with Crippen LogP contribution in [0.15, 0.2) is 47.6 Å². The smallest absolute Gasteiger partial charge is 0.269 e. The molecule has 1 spiro atoms. The molecule has 0 atom stereocenters. The van der Waals surface area contributed by atoms with Crippen molar-refractivity contribution in [1.29, 1.82) is 0 Å². The van der Waals surface area contributed by atoms with Crippen molar-refractivity contribution < 1.29 is 19.1 Å². The van der Waals surface area contributed by atoms with E-state index in [-0.39, 0.29) is 12.7 Å². The number of fused-ring (bicyclic) bond motifs is 1. The summed E-state index contributed by atoms with van der Waals surface area (Å²) in [7, 11) is 0. The Kier molecular flexibility index (Phi) is 6.47. The quantitative estimate of drug-likeness (QED) is 0.609. The highest BCUT2D eigenvalue weighted by atomic mass is 35.5. The normalized spacial score (nSPS) is 17.8. The number of halogens is 1. The average Bonchev–Trinajstić information content (AvgIpc) is 3.49. The van der Waals surface area contributed by atoms with Crippen LogP contribution >= 0.6 is 23.8 Å². The highest BCUT2D eigenvalue weighted by molar-refractivity contribution is 7.80. The number of amides is 1. The number of thiocarbonyl (C=S) groups is 1. The zero-order chi connectivity index (χ0) is 23.5. The summed E-state index contributed by atoms with van der Waals surface area (Å²) in [5.41, 5.74) is 2.05. The van der Waals surface area contributed by atoms with Gasteiger partial charge < -0.3 is 29.8 Å². The Morgan fingerprint density at radius 2 is 1.74 bits per heavy atom. The van der Waals surface area contributed by atoms with Crippen LogP contribution in [0.25, 0.3) is 0 Å². The van der Waals surface area contributed by atoms with E-state index in [4.69, 9.17) is 38.1 Å². The minimum atomic E-state index is -0.434. The van der Waals surface area contributed by atoms with Gasteiger partial charge in [0.1, 0.15) is 11.3 Å². The lowest BCUT2D eigenvalue weighted by Crippen LogP contribution is -2.50. The molecule has 0 aromatic heterocycles. The number of nitrogens with one attached hydrogen (secondary N) is 2. The SMILES string of the molecule is O=C(NCc1ccc(Cl)cc1)C1=NOC2(CCN(C(=S)NCc3ccc4c(c3)OCO4)CC2)C1. The molecule has 0 unspecified atom stereocenters. The van der Waals surface area contributed by atoms with Gasteiger partial charge in [-0.25, -0.2) is 0 Å². The summed E-state index contributed by atoms with van der Waals surface area (Å²) in [6.45, 7) is 2.76. The monoisotopic (exact) mass is 500 g/mol. The van der Waals surface area contributed by atoms with Gasteiger partial charge in [0.2, 0.25) is 6.79 Å². The number of benzene rings is 2. The highest BCUT2D eigenvalue weighted by Gasteiger charge is 2.44. The van der Waals surface area contributed by atoms with Gasteiger partial charge in [0.05, 0.1) is 0 Å². The Balaban J connectivity index is 1.06. The van der Waals surface area contributed by atoms with Gasteiger partial charge in [-0.3, -0.25) is 4.79 Å².